The third-order valence-corrected chi connectivity index (χ3v) is 6.62. The van der Waals surface area contributed by atoms with E-state index in [4.69, 9.17) is 0 Å². The van der Waals surface area contributed by atoms with Gasteiger partial charge in [-0.15, -0.1) is 0 Å². The number of aryl methyl sites for hydroxylation is 1. The first-order valence-electron chi connectivity index (χ1n) is 11.4. The Morgan fingerprint density at radius 1 is 1.06 bits per heavy atom. The molecular weight excluding hydrogens is 386 g/mol. The largest absolute Gasteiger partial charge is 0.477 e. The molecule has 0 aliphatic carbocycles. The highest BCUT2D eigenvalue weighted by atomic mass is 16.4. The zero-order chi connectivity index (χ0) is 21.6. The van der Waals surface area contributed by atoms with Crippen LogP contribution in [0.1, 0.15) is 40.9 Å². The molecule has 2 aromatic carbocycles. The molecule has 0 bridgehead atoms. The van der Waals surface area contributed by atoms with Crippen molar-refractivity contribution in [3.05, 3.63) is 71.4 Å². The number of nitrogens with one attached hydrogen (secondary N) is 1. The average molecular weight is 420 g/mol. The summed E-state index contributed by atoms with van der Waals surface area (Å²) in [5.74, 6) is -0.0635. The van der Waals surface area contributed by atoms with Crippen molar-refractivity contribution in [2.45, 2.75) is 32.2 Å². The first-order valence-corrected chi connectivity index (χ1v) is 11.4. The van der Waals surface area contributed by atoms with Crippen LogP contribution in [0.3, 0.4) is 0 Å². The number of nitrogens with zero attached hydrogens (tertiary/aromatic N) is 2. The molecule has 0 unspecified atom stereocenters. The third-order valence-electron chi connectivity index (χ3n) is 6.62. The minimum absolute atomic E-state index is 0.384. The fraction of sp³-hybridized carbons (Fsp3) is 0.423. The highest BCUT2D eigenvalue weighted by Crippen LogP contribution is 2.25. The van der Waals surface area contributed by atoms with E-state index < -0.39 is 5.97 Å². The van der Waals surface area contributed by atoms with E-state index in [-0.39, 0.29) is 0 Å². The smallest absolute Gasteiger partial charge is 0.352 e. The highest BCUT2D eigenvalue weighted by Gasteiger charge is 2.21. The van der Waals surface area contributed by atoms with Gasteiger partial charge in [0, 0.05) is 30.1 Å². The molecule has 0 spiro atoms. The number of aromatic carboxylic acids is 1. The molecule has 4 rings (SSSR count). The van der Waals surface area contributed by atoms with Gasteiger partial charge in [-0.25, -0.2) is 4.79 Å². The zero-order valence-electron chi connectivity index (χ0n) is 18.4. The highest BCUT2D eigenvalue weighted by molar-refractivity contribution is 5.98. The van der Waals surface area contributed by atoms with Crippen molar-refractivity contribution in [2.75, 3.05) is 26.2 Å². The average Bonchev–Trinajstić information content (AvgIpc) is 3.07. The van der Waals surface area contributed by atoms with Gasteiger partial charge >= 0.3 is 5.97 Å². The van der Waals surface area contributed by atoms with E-state index in [1.807, 2.05) is 31.3 Å². The standard InChI is InChI=1S/C26H33N3O2/c1-28-24-11-6-5-10-22(24)23(25(28)26(30)31)19-27-14-7-15-29-16-12-21(13-17-29)18-20-8-3-2-4-9-20/h2-6,8-11,21,27H,7,12-19H2,1H3,(H,30,31). The number of carboxylic acid groups (broad SMARTS) is 1. The summed E-state index contributed by atoms with van der Waals surface area (Å²) < 4.78 is 1.79. The zero-order valence-corrected chi connectivity index (χ0v) is 18.4. The molecule has 1 fully saturated rings. The van der Waals surface area contributed by atoms with Crippen LogP contribution in [0.25, 0.3) is 10.9 Å². The van der Waals surface area contributed by atoms with Crippen LogP contribution in [-0.4, -0.2) is 46.7 Å². The van der Waals surface area contributed by atoms with E-state index in [1.54, 1.807) is 4.57 Å². The Hall–Kier alpha value is -2.63. The van der Waals surface area contributed by atoms with Crippen LogP contribution in [0.2, 0.25) is 0 Å². The molecule has 0 radical (unpaired) electrons. The second-order valence-corrected chi connectivity index (χ2v) is 8.71. The maximum absolute atomic E-state index is 11.8. The number of carboxylic acids is 1. The van der Waals surface area contributed by atoms with Gasteiger partial charge in [-0.2, -0.15) is 0 Å². The molecule has 0 atom stereocenters. The molecule has 31 heavy (non-hydrogen) atoms. The van der Waals surface area contributed by atoms with Crippen LogP contribution in [0.15, 0.2) is 54.6 Å². The maximum atomic E-state index is 11.8. The summed E-state index contributed by atoms with van der Waals surface area (Å²) >= 11 is 0. The van der Waals surface area contributed by atoms with Crippen LogP contribution in [0, 0.1) is 5.92 Å². The molecule has 2 N–H and O–H groups in total. The van der Waals surface area contributed by atoms with Gasteiger partial charge in [0.1, 0.15) is 5.69 Å². The monoisotopic (exact) mass is 419 g/mol. The topological polar surface area (TPSA) is 57.5 Å². The van der Waals surface area contributed by atoms with Crippen molar-refractivity contribution in [2.24, 2.45) is 13.0 Å². The Morgan fingerprint density at radius 3 is 2.52 bits per heavy atom. The lowest BCUT2D eigenvalue weighted by atomic mass is 9.90. The van der Waals surface area contributed by atoms with Gasteiger partial charge in [0.05, 0.1) is 0 Å². The minimum Gasteiger partial charge on any atom is -0.477 e. The number of piperidine rings is 1. The Morgan fingerprint density at radius 2 is 1.77 bits per heavy atom. The van der Waals surface area contributed by atoms with Crippen molar-refractivity contribution in [3.8, 4) is 0 Å². The summed E-state index contributed by atoms with van der Waals surface area (Å²) in [4.78, 5) is 14.4. The first kappa shape index (κ1) is 21.6. The number of hydrogen-bond donors (Lipinski definition) is 2. The summed E-state index contributed by atoms with van der Waals surface area (Å²) in [6, 6.07) is 18.7. The molecule has 5 heteroatoms. The molecule has 0 amide bonds. The molecular formula is C26H33N3O2. The van der Waals surface area contributed by atoms with E-state index in [2.05, 4.69) is 40.5 Å². The van der Waals surface area contributed by atoms with E-state index in [1.165, 1.54) is 37.9 Å². The number of aromatic nitrogens is 1. The fourth-order valence-electron chi connectivity index (χ4n) is 4.93. The van der Waals surface area contributed by atoms with E-state index in [9.17, 15) is 9.90 Å². The van der Waals surface area contributed by atoms with Gasteiger partial charge in [0.2, 0.25) is 0 Å². The number of para-hydroxylation sites is 1. The van der Waals surface area contributed by atoms with Crippen molar-refractivity contribution >= 4 is 16.9 Å². The number of likely N-dealkylation sites (tertiary alicyclic amines) is 1. The fourth-order valence-corrected chi connectivity index (χ4v) is 4.93. The quantitative estimate of drug-likeness (QED) is 0.508. The van der Waals surface area contributed by atoms with Crippen molar-refractivity contribution in [3.63, 3.8) is 0 Å². The van der Waals surface area contributed by atoms with Gasteiger partial charge < -0.3 is 19.9 Å². The third kappa shape index (κ3) is 5.17. The summed E-state index contributed by atoms with van der Waals surface area (Å²) in [5, 5.41) is 14.2. The Bertz CT molecular complexity index is 1000. The normalized spacial score (nSPS) is 15.5. The van der Waals surface area contributed by atoms with Crippen molar-refractivity contribution < 1.29 is 9.90 Å². The van der Waals surface area contributed by atoms with E-state index in [0.29, 0.717) is 12.2 Å². The van der Waals surface area contributed by atoms with Gasteiger partial charge in [0.25, 0.3) is 0 Å². The molecule has 164 valence electrons. The second-order valence-electron chi connectivity index (χ2n) is 8.71. The molecule has 1 aromatic heterocycles. The maximum Gasteiger partial charge on any atom is 0.352 e. The second kappa shape index (κ2) is 10.1. The summed E-state index contributed by atoms with van der Waals surface area (Å²) in [6.07, 6.45) is 4.84. The van der Waals surface area contributed by atoms with Crippen LogP contribution in [0.5, 0.6) is 0 Å². The van der Waals surface area contributed by atoms with Crippen LogP contribution in [-0.2, 0) is 20.0 Å². The molecule has 3 aromatic rings. The molecule has 1 saturated heterocycles. The predicted molar refractivity (Wildman–Crippen MR) is 126 cm³/mol. The van der Waals surface area contributed by atoms with Crippen molar-refractivity contribution in [1.29, 1.82) is 0 Å². The number of benzene rings is 2. The van der Waals surface area contributed by atoms with Crippen LogP contribution in [0.4, 0.5) is 0 Å². The van der Waals surface area contributed by atoms with Gasteiger partial charge in [-0.05, 0) is 69.4 Å². The lowest BCUT2D eigenvalue weighted by Gasteiger charge is -2.32. The van der Waals surface area contributed by atoms with Crippen LogP contribution < -0.4 is 5.32 Å². The Balaban J connectivity index is 1.21. The van der Waals surface area contributed by atoms with E-state index >= 15 is 0 Å². The number of rotatable bonds is 9. The summed E-state index contributed by atoms with van der Waals surface area (Å²) in [6.45, 7) is 4.95. The van der Waals surface area contributed by atoms with Gasteiger partial charge in [-0.1, -0.05) is 48.5 Å². The lowest BCUT2D eigenvalue weighted by Crippen LogP contribution is -2.36. The Kier molecular flexibility index (Phi) is 7.05. The summed E-state index contributed by atoms with van der Waals surface area (Å²) in [7, 11) is 1.83. The van der Waals surface area contributed by atoms with E-state index in [0.717, 1.165) is 41.9 Å². The molecule has 5 nitrogen and oxygen atoms in total. The SMILES string of the molecule is Cn1c(C(=O)O)c(CNCCCN2CCC(Cc3ccccc3)CC2)c2ccccc21. The Labute approximate surface area is 184 Å². The van der Waals surface area contributed by atoms with Crippen LogP contribution >= 0.6 is 0 Å². The first-order chi connectivity index (χ1) is 15.1. The molecule has 0 saturated carbocycles. The molecule has 2 heterocycles. The number of fused-ring (bicyclic) bond motifs is 1. The number of carbonyl (C=O) groups is 1. The molecule has 1 aliphatic rings. The number of hydrogen-bond acceptors (Lipinski definition) is 3. The van der Waals surface area contributed by atoms with Gasteiger partial charge in [0.15, 0.2) is 0 Å². The minimum atomic E-state index is -0.867. The predicted octanol–water partition coefficient (Wildman–Crippen LogP) is 4.31. The molecule has 1 aliphatic heterocycles. The van der Waals surface area contributed by atoms with Gasteiger partial charge in [-0.3, -0.25) is 0 Å². The summed E-state index contributed by atoms with van der Waals surface area (Å²) in [5.41, 5.74) is 3.69. The lowest BCUT2D eigenvalue weighted by molar-refractivity contribution is 0.0685. The van der Waals surface area contributed by atoms with Crippen molar-refractivity contribution in [1.82, 2.24) is 14.8 Å².